The van der Waals surface area contributed by atoms with Gasteiger partial charge in [-0.05, 0) is 44.3 Å². The van der Waals surface area contributed by atoms with Crippen LogP contribution in [0.2, 0.25) is 0 Å². The van der Waals surface area contributed by atoms with Gasteiger partial charge in [-0.1, -0.05) is 36.4 Å². The highest BCUT2D eigenvalue weighted by atomic mass is 127. The summed E-state index contributed by atoms with van der Waals surface area (Å²) >= 11 is 0. The summed E-state index contributed by atoms with van der Waals surface area (Å²) in [5, 5.41) is 16.6. The third-order valence-corrected chi connectivity index (χ3v) is 5.18. The Hall–Kier alpha value is -2.04. The summed E-state index contributed by atoms with van der Waals surface area (Å²) < 4.78 is 10.8. The minimum absolute atomic E-state index is 0. The van der Waals surface area contributed by atoms with Crippen LogP contribution in [-0.4, -0.2) is 70.5 Å². The summed E-state index contributed by atoms with van der Waals surface area (Å²) in [7, 11) is 7.37. The van der Waals surface area contributed by atoms with E-state index in [2.05, 4.69) is 21.6 Å². The molecule has 0 fully saturated rings. The van der Waals surface area contributed by atoms with Gasteiger partial charge in [-0.3, -0.25) is 4.99 Å². The molecule has 2 atom stereocenters. The summed E-state index contributed by atoms with van der Waals surface area (Å²) in [6.07, 6.45) is 0. The predicted molar refractivity (Wildman–Crippen MR) is 142 cm³/mol. The largest absolute Gasteiger partial charge is 0.493 e. The molecule has 2 rings (SSSR count). The summed E-state index contributed by atoms with van der Waals surface area (Å²) in [5.41, 5.74) is 2.20. The Kier molecular flexibility index (Phi) is 13.0. The maximum absolute atomic E-state index is 9.82. The lowest BCUT2D eigenvalue weighted by atomic mass is 10.0. The Bertz CT molecular complexity index is 818. The van der Waals surface area contributed by atoms with Crippen molar-refractivity contribution in [3.8, 4) is 11.5 Å². The lowest BCUT2D eigenvalue weighted by molar-refractivity contribution is 0.268. The monoisotopic (exact) mass is 556 g/mol. The maximum atomic E-state index is 9.82. The fraction of sp³-hybridized carbons (Fsp3) is 0.458. The van der Waals surface area contributed by atoms with E-state index in [4.69, 9.17) is 14.5 Å². The van der Waals surface area contributed by atoms with Crippen LogP contribution in [0.15, 0.2) is 53.5 Å². The smallest absolute Gasteiger partial charge is 0.191 e. The zero-order chi connectivity index (χ0) is 22.6. The molecule has 178 valence electrons. The number of benzene rings is 2. The second-order valence-corrected chi connectivity index (χ2v) is 7.48. The van der Waals surface area contributed by atoms with Crippen LogP contribution in [0.25, 0.3) is 0 Å². The Morgan fingerprint density at radius 2 is 1.69 bits per heavy atom. The molecule has 3 N–H and O–H groups in total. The first-order chi connectivity index (χ1) is 15.0. The van der Waals surface area contributed by atoms with Crippen LogP contribution >= 0.6 is 24.0 Å². The van der Waals surface area contributed by atoms with Crippen molar-refractivity contribution >= 4 is 29.9 Å². The number of rotatable bonds is 11. The Morgan fingerprint density at radius 1 is 1.00 bits per heavy atom. The molecule has 0 saturated heterocycles. The Morgan fingerprint density at radius 3 is 2.25 bits per heavy atom. The molecule has 2 unspecified atom stereocenters. The van der Waals surface area contributed by atoms with Crippen molar-refractivity contribution in [3.05, 3.63) is 59.7 Å². The van der Waals surface area contributed by atoms with Gasteiger partial charge in [-0.15, -0.1) is 24.0 Å². The Balaban J connectivity index is 0.00000512. The maximum Gasteiger partial charge on any atom is 0.191 e. The minimum atomic E-state index is -0.0350. The molecule has 0 bridgehead atoms. The third kappa shape index (κ3) is 8.14. The second-order valence-electron chi connectivity index (χ2n) is 7.48. The van der Waals surface area contributed by atoms with E-state index in [1.54, 1.807) is 14.2 Å². The van der Waals surface area contributed by atoms with Crippen LogP contribution in [0.5, 0.6) is 11.5 Å². The molecule has 7 nitrogen and oxygen atoms in total. The van der Waals surface area contributed by atoms with Crippen LogP contribution in [0, 0.1) is 0 Å². The van der Waals surface area contributed by atoms with Crippen LogP contribution in [0.3, 0.4) is 0 Å². The number of aliphatic imine (C=N–C) groups is 1. The number of guanidine groups is 1. The van der Waals surface area contributed by atoms with Crippen molar-refractivity contribution in [1.82, 2.24) is 15.5 Å². The van der Waals surface area contributed by atoms with Crippen molar-refractivity contribution < 1.29 is 14.6 Å². The van der Waals surface area contributed by atoms with Crippen molar-refractivity contribution in [2.45, 2.75) is 18.9 Å². The van der Waals surface area contributed by atoms with Crippen molar-refractivity contribution in [1.29, 1.82) is 0 Å². The minimum Gasteiger partial charge on any atom is -0.493 e. The number of ether oxygens (including phenoxy) is 2. The average Bonchev–Trinajstić information content (AvgIpc) is 2.79. The van der Waals surface area contributed by atoms with E-state index in [1.807, 2.05) is 63.5 Å². The van der Waals surface area contributed by atoms with Crippen molar-refractivity contribution in [2.75, 3.05) is 54.6 Å². The molecule has 32 heavy (non-hydrogen) atoms. The first-order valence-electron chi connectivity index (χ1n) is 10.6. The quantitative estimate of drug-likeness (QED) is 0.224. The zero-order valence-corrected chi connectivity index (χ0v) is 22.0. The first kappa shape index (κ1) is 28.0. The van der Waals surface area contributed by atoms with E-state index < -0.39 is 0 Å². The topological polar surface area (TPSA) is 78.4 Å². The fourth-order valence-corrected chi connectivity index (χ4v) is 3.39. The van der Waals surface area contributed by atoms with Gasteiger partial charge in [0.25, 0.3) is 0 Å². The van der Waals surface area contributed by atoms with E-state index in [1.165, 1.54) is 0 Å². The van der Waals surface area contributed by atoms with E-state index in [9.17, 15) is 5.11 Å². The number of nitrogens with zero attached hydrogens (tertiary/aromatic N) is 2. The number of aliphatic hydroxyl groups is 1. The molecule has 0 radical (unpaired) electrons. The summed E-state index contributed by atoms with van der Waals surface area (Å²) in [6, 6.07) is 16.1. The van der Waals surface area contributed by atoms with Gasteiger partial charge in [0.15, 0.2) is 17.5 Å². The average molecular weight is 556 g/mol. The number of methoxy groups -OCH3 is 2. The highest BCUT2D eigenvalue weighted by molar-refractivity contribution is 14.0. The third-order valence-electron chi connectivity index (χ3n) is 5.18. The van der Waals surface area contributed by atoms with Gasteiger partial charge < -0.3 is 30.1 Å². The fourth-order valence-electron chi connectivity index (χ4n) is 3.39. The number of nitrogens with one attached hydrogen (secondary N) is 2. The number of hydrogen-bond acceptors (Lipinski definition) is 5. The van der Waals surface area contributed by atoms with Crippen molar-refractivity contribution in [2.24, 2.45) is 4.99 Å². The van der Waals surface area contributed by atoms with Gasteiger partial charge in [-0.2, -0.15) is 0 Å². The standard InChI is InChI=1S/C24H36N4O3.HI/c1-6-25-24(26-15-20(17-29)18-10-8-7-9-11-18)27-16-21(28(2)3)19-12-13-22(30-4)23(14-19)31-5;/h7-14,20-21,29H,6,15-17H2,1-5H3,(H2,25,26,27);1H. The highest BCUT2D eigenvalue weighted by Crippen LogP contribution is 2.31. The summed E-state index contributed by atoms with van der Waals surface area (Å²) in [5.74, 6) is 2.11. The molecule has 2 aromatic carbocycles. The lowest BCUT2D eigenvalue weighted by Crippen LogP contribution is -2.42. The van der Waals surface area contributed by atoms with E-state index in [0.717, 1.165) is 23.6 Å². The van der Waals surface area contributed by atoms with Gasteiger partial charge in [-0.25, -0.2) is 0 Å². The van der Waals surface area contributed by atoms with E-state index in [-0.39, 0.29) is 42.5 Å². The molecule has 2 aromatic rings. The summed E-state index contributed by atoms with van der Waals surface area (Å²) in [4.78, 5) is 6.87. The predicted octanol–water partition coefficient (Wildman–Crippen LogP) is 3.26. The molecular weight excluding hydrogens is 519 g/mol. The molecule has 0 aliphatic carbocycles. The SMILES string of the molecule is CCNC(=NCC(CO)c1ccccc1)NCC(c1ccc(OC)c(OC)c1)N(C)C.I. The lowest BCUT2D eigenvalue weighted by Gasteiger charge is -2.27. The van der Waals surface area contributed by atoms with E-state index >= 15 is 0 Å². The molecule has 0 saturated carbocycles. The van der Waals surface area contributed by atoms with Crippen LogP contribution in [0.4, 0.5) is 0 Å². The number of halogens is 1. The van der Waals surface area contributed by atoms with Gasteiger partial charge in [0, 0.05) is 19.0 Å². The summed E-state index contributed by atoms with van der Waals surface area (Å²) in [6.45, 7) is 4.00. The molecule has 0 amide bonds. The Labute approximate surface area is 209 Å². The second kappa shape index (κ2) is 14.9. The van der Waals surface area contributed by atoms with E-state index in [0.29, 0.717) is 24.6 Å². The normalized spacial score (nSPS) is 13.2. The molecule has 0 aliphatic rings. The van der Waals surface area contributed by atoms with Crippen molar-refractivity contribution in [3.63, 3.8) is 0 Å². The highest BCUT2D eigenvalue weighted by Gasteiger charge is 2.17. The van der Waals surface area contributed by atoms with Gasteiger partial charge in [0.05, 0.1) is 33.4 Å². The van der Waals surface area contributed by atoms with Crippen LogP contribution in [-0.2, 0) is 0 Å². The van der Waals surface area contributed by atoms with Gasteiger partial charge in [0.1, 0.15) is 0 Å². The van der Waals surface area contributed by atoms with Gasteiger partial charge >= 0.3 is 0 Å². The molecule has 8 heteroatoms. The number of aliphatic hydroxyl groups excluding tert-OH is 1. The van der Waals surface area contributed by atoms with Crippen LogP contribution < -0.4 is 20.1 Å². The van der Waals surface area contributed by atoms with Crippen LogP contribution in [0.1, 0.15) is 30.0 Å². The first-order valence-corrected chi connectivity index (χ1v) is 10.6. The number of likely N-dealkylation sites (N-methyl/N-ethyl adjacent to an activating group) is 1. The molecular formula is C24H37IN4O3. The number of hydrogen-bond donors (Lipinski definition) is 3. The molecule has 0 spiro atoms. The molecule has 0 aliphatic heterocycles. The molecule has 0 heterocycles. The van der Waals surface area contributed by atoms with Gasteiger partial charge in [0.2, 0.25) is 0 Å². The molecule has 0 aromatic heterocycles. The zero-order valence-electron chi connectivity index (χ0n) is 19.7.